The van der Waals surface area contributed by atoms with Gasteiger partial charge in [-0.3, -0.25) is 0 Å². The van der Waals surface area contributed by atoms with Gasteiger partial charge in [0.25, 0.3) is 0 Å². The van der Waals surface area contributed by atoms with Crippen LogP contribution in [0.15, 0.2) is 47.6 Å². The van der Waals surface area contributed by atoms with E-state index in [2.05, 4.69) is 56.3 Å². The average Bonchev–Trinajstić information content (AvgIpc) is 2.96. The number of allylic oxidation sites excluding steroid dienone is 3. The lowest BCUT2D eigenvalue weighted by atomic mass is 9.98. The fourth-order valence-electron chi connectivity index (χ4n) is 3.71. The number of hydrogen-bond acceptors (Lipinski definition) is 0. The topological polar surface area (TPSA) is 0 Å². The second kappa shape index (κ2) is 4.76. The van der Waals surface area contributed by atoms with Crippen LogP contribution in [0.2, 0.25) is 0 Å². The van der Waals surface area contributed by atoms with E-state index in [0.717, 1.165) is 17.8 Å². The van der Waals surface area contributed by atoms with Gasteiger partial charge in [-0.05, 0) is 42.6 Å². The van der Waals surface area contributed by atoms with Gasteiger partial charge < -0.3 is 0 Å². The third kappa shape index (κ3) is 1.94. The first kappa shape index (κ1) is 11.8. The van der Waals surface area contributed by atoms with Crippen molar-refractivity contribution in [1.29, 1.82) is 0 Å². The van der Waals surface area contributed by atoms with Gasteiger partial charge in [0.15, 0.2) is 0 Å². The highest BCUT2D eigenvalue weighted by Crippen LogP contribution is 2.62. The molecule has 3 atom stereocenters. The molecule has 0 nitrogen and oxygen atoms in total. The summed E-state index contributed by atoms with van der Waals surface area (Å²) in [5.41, 5.74) is 4.88. The fourth-order valence-corrected chi connectivity index (χ4v) is 3.71. The van der Waals surface area contributed by atoms with Crippen LogP contribution in [0.5, 0.6) is 0 Å². The molecule has 18 heavy (non-hydrogen) atoms. The number of benzene rings is 1. The molecule has 0 radical (unpaired) electrons. The van der Waals surface area contributed by atoms with Crippen molar-refractivity contribution in [2.45, 2.75) is 33.1 Å². The van der Waals surface area contributed by atoms with Crippen LogP contribution >= 0.6 is 0 Å². The first-order valence-electron chi connectivity index (χ1n) is 7.29. The smallest absolute Gasteiger partial charge is 0.00973 e. The maximum atomic E-state index is 2.45. The Hall–Kier alpha value is -1.30. The van der Waals surface area contributed by atoms with E-state index >= 15 is 0 Å². The SMILES string of the molecule is CCC1=C(CC)[C@@H]2[C@@H](/C=C/c3ccccc3)[C@@H]2C1. The van der Waals surface area contributed by atoms with Gasteiger partial charge in [0.05, 0.1) is 0 Å². The Labute approximate surface area is 110 Å². The number of hydrogen-bond donors (Lipinski definition) is 0. The van der Waals surface area contributed by atoms with Crippen molar-refractivity contribution in [3.63, 3.8) is 0 Å². The van der Waals surface area contributed by atoms with Gasteiger partial charge in [-0.1, -0.05) is 67.5 Å². The molecule has 0 bridgehead atoms. The summed E-state index contributed by atoms with van der Waals surface area (Å²) in [6, 6.07) is 10.7. The van der Waals surface area contributed by atoms with Crippen LogP contribution in [-0.2, 0) is 0 Å². The van der Waals surface area contributed by atoms with Crippen LogP contribution in [0.25, 0.3) is 6.08 Å². The van der Waals surface area contributed by atoms with E-state index in [-0.39, 0.29) is 0 Å². The summed E-state index contributed by atoms with van der Waals surface area (Å²) in [6.45, 7) is 4.63. The van der Waals surface area contributed by atoms with Crippen molar-refractivity contribution in [3.8, 4) is 0 Å². The van der Waals surface area contributed by atoms with E-state index in [0.29, 0.717) is 0 Å². The van der Waals surface area contributed by atoms with E-state index < -0.39 is 0 Å². The van der Waals surface area contributed by atoms with Crippen molar-refractivity contribution < 1.29 is 0 Å². The normalized spacial score (nSPS) is 30.0. The van der Waals surface area contributed by atoms with Crippen LogP contribution in [0.3, 0.4) is 0 Å². The summed E-state index contributed by atoms with van der Waals surface area (Å²) in [7, 11) is 0. The average molecular weight is 238 g/mol. The van der Waals surface area contributed by atoms with Crippen LogP contribution in [0.4, 0.5) is 0 Å². The number of fused-ring (bicyclic) bond motifs is 1. The van der Waals surface area contributed by atoms with Gasteiger partial charge in [0.1, 0.15) is 0 Å². The molecule has 1 aromatic carbocycles. The minimum atomic E-state index is 0.829. The molecule has 0 amide bonds. The maximum Gasteiger partial charge on any atom is -0.00973 e. The molecule has 2 aliphatic carbocycles. The molecule has 0 heterocycles. The van der Waals surface area contributed by atoms with E-state index in [1.807, 2.05) is 0 Å². The molecule has 0 aliphatic heterocycles. The molecule has 0 spiro atoms. The highest BCUT2D eigenvalue weighted by Gasteiger charge is 2.53. The summed E-state index contributed by atoms with van der Waals surface area (Å²) >= 11 is 0. The van der Waals surface area contributed by atoms with Gasteiger partial charge in [-0.25, -0.2) is 0 Å². The molecule has 0 heteroatoms. The van der Waals surface area contributed by atoms with Crippen LogP contribution in [0.1, 0.15) is 38.7 Å². The van der Waals surface area contributed by atoms with Crippen molar-refractivity contribution in [2.24, 2.45) is 17.8 Å². The second-order valence-corrected chi connectivity index (χ2v) is 5.58. The molecule has 2 aliphatic rings. The van der Waals surface area contributed by atoms with Crippen LogP contribution in [-0.4, -0.2) is 0 Å². The van der Waals surface area contributed by atoms with Gasteiger partial charge in [0, 0.05) is 0 Å². The minimum Gasteiger partial charge on any atom is -0.0799 e. The zero-order chi connectivity index (χ0) is 12.5. The molecule has 1 saturated carbocycles. The molecule has 0 saturated heterocycles. The van der Waals surface area contributed by atoms with Gasteiger partial charge in [0.2, 0.25) is 0 Å². The standard InChI is InChI=1S/C18H22/c1-3-14-12-17-16(18(17)15(14)4-2)11-10-13-8-6-5-7-9-13/h5-11,16-18H,3-4,12H2,1-2H3/b11-10+/t16-,17-,18+/m0/s1. The van der Waals surface area contributed by atoms with Gasteiger partial charge in [-0.2, -0.15) is 0 Å². The van der Waals surface area contributed by atoms with Crippen LogP contribution in [0, 0.1) is 17.8 Å². The Bertz CT molecular complexity index is 478. The third-order valence-electron chi connectivity index (χ3n) is 4.69. The summed E-state index contributed by atoms with van der Waals surface area (Å²) in [5.74, 6) is 2.66. The molecular weight excluding hydrogens is 216 g/mol. The Morgan fingerprint density at radius 1 is 1.11 bits per heavy atom. The monoisotopic (exact) mass is 238 g/mol. The molecule has 0 aromatic heterocycles. The Kier molecular flexibility index (Phi) is 3.11. The highest BCUT2D eigenvalue weighted by molar-refractivity contribution is 5.51. The molecule has 0 unspecified atom stereocenters. The predicted octanol–water partition coefficient (Wildman–Crippen LogP) is 5.08. The van der Waals surface area contributed by atoms with Crippen molar-refractivity contribution in [1.82, 2.24) is 0 Å². The quantitative estimate of drug-likeness (QED) is 0.641. The Morgan fingerprint density at radius 3 is 2.56 bits per heavy atom. The predicted molar refractivity (Wildman–Crippen MR) is 78.2 cm³/mol. The summed E-state index contributed by atoms with van der Waals surface area (Å²) in [4.78, 5) is 0. The Morgan fingerprint density at radius 2 is 1.89 bits per heavy atom. The van der Waals surface area contributed by atoms with Crippen molar-refractivity contribution in [3.05, 3.63) is 53.1 Å². The molecule has 1 fully saturated rings. The Balaban J connectivity index is 1.69. The first-order valence-corrected chi connectivity index (χ1v) is 7.29. The minimum absolute atomic E-state index is 0.829. The molecular formula is C18H22. The van der Waals surface area contributed by atoms with E-state index in [4.69, 9.17) is 0 Å². The van der Waals surface area contributed by atoms with Gasteiger partial charge in [-0.15, -0.1) is 0 Å². The summed E-state index contributed by atoms with van der Waals surface area (Å²) in [5, 5.41) is 0. The molecule has 94 valence electrons. The van der Waals surface area contributed by atoms with E-state index in [1.165, 1.54) is 24.8 Å². The summed E-state index contributed by atoms with van der Waals surface area (Å²) in [6.07, 6.45) is 8.66. The molecule has 3 rings (SSSR count). The highest BCUT2D eigenvalue weighted by atomic mass is 14.6. The zero-order valence-corrected chi connectivity index (χ0v) is 11.4. The van der Waals surface area contributed by atoms with Crippen LogP contribution < -0.4 is 0 Å². The maximum absolute atomic E-state index is 2.45. The lowest BCUT2D eigenvalue weighted by Crippen LogP contribution is -1.92. The zero-order valence-electron chi connectivity index (χ0n) is 11.4. The molecule has 1 aromatic rings. The largest absolute Gasteiger partial charge is 0.0799 e. The van der Waals surface area contributed by atoms with Crippen molar-refractivity contribution >= 4 is 6.08 Å². The lowest BCUT2D eigenvalue weighted by Gasteiger charge is -2.08. The third-order valence-corrected chi connectivity index (χ3v) is 4.69. The van der Waals surface area contributed by atoms with E-state index in [9.17, 15) is 0 Å². The first-order chi connectivity index (χ1) is 8.85. The second-order valence-electron chi connectivity index (χ2n) is 5.58. The summed E-state index contributed by atoms with van der Waals surface area (Å²) < 4.78 is 0. The van der Waals surface area contributed by atoms with E-state index in [1.54, 1.807) is 11.1 Å². The number of rotatable bonds is 4. The molecule has 0 N–H and O–H groups in total. The van der Waals surface area contributed by atoms with Gasteiger partial charge >= 0.3 is 0 Å². The van der Waals surface area contributed by atoms with Crippen molar-refractivity contribution in [2.75, 3.05) is 0 Å². The lowest BCUT2D eigenvalue weighted by molar-refractivity contribution is 0.764. The fraction of sp³-hybridized carbons (Fsp3) is 0.444.